The van der Waals surface area contributed by atoms with Gasteiger partial charge < -0.3 is 9.47 Å². The van der Waals surface area contributed by atoms with Crippen LogP contribution in [0.15, 0.2) is 82.7 Å². The van der Waals surface area contributed by atoms with Gasteiger partial charge in [0.25, 0.3) is 5.91 Å². The topological polar surface area (TPSA) is 51.1 Å². The largest absolute Gasteiger partial charge is 0.493 e. The Labute approximate surface area is 218 Å². The second-order valence-corrected chi connectivity index (χ2v) is 9.71. The van der Waals surface area contributed by atoms with Gasteiger partial charge >= 0.3 is 0 Å². The minimum Gasteiger partial charge on any atom is -0.493 e. The molecule has 0 saturated carbocycles. The van der Waals surface area contributed by atoms with Crippen LogP contribution in [0.3, 0.4) is 0 Å². The Morgan fingerprint density at radius 1 is 1.03 bits per heavy atom. The van der Waals surface area contributed by atoms with Gasteiger partial charge in [-0.3, -0.25) is 14.7 Å². The summed E-state index contributed by atoms with van der Waals surface area (Å²) in [6, 6.07) is 23.9. The Kier molecular flexibility index (Phi) is 8.29. The van der Waals surface area contributed by atoms with E-state index in [0.29, 0.717) is 41.3 Å². The number of aliphatic imine (C=N–C) groups is 1. The van der Waals surface area contributed by atoms with Crippen molar-refractivity contribution >= 4 is 51.5 Å². The quantitative estimate of drug-likeness (QED) is 0.228. The number of ether oxygens (including phenoxy) is 2. The lowest BCUT2D eigenvalue weighted by Crippen LogP contribution is -2.28. The molecule has 3 aromatic rings. The van der Waals surface area contributed by atoms with Gasteiger partial charge in [-0.05, 0) is 76.2 Å². The molecule has 1 aliphatic heterocycles. The van der Waals surface area contributed by atoms with Crippen molar-refractivity contribution in [1.29, 1.82) is 0 Å². The molecule has 4 rings (SSSR count). The predicted octanol–water partition coefficient (Wildman–Crippen LogP) is 6.37. The highest BCUT2D eigenvalue weighted by Gasteiger charge is 2.33. The number of thioether (sulfide) groups is 1. The number of rotatable bonds is 8. The maximum absolute atomic E-state index is 13.4. The number of hydrogen-bond acceptors (Lipinski definition) is 5. The maximum atomic E-state index is 13.4. The van der Waals surface area contributed by atoms with Gasteiger partial charge in [-0.15, -0.1) is 0 Å². The fourth-order valence-electron chi connectivity index (χ4n) is 3.53. The summed E-state index contributed by atoms with van der Waals surface area (Å²) in [5.41, 5.74) is 3.04. The van der Waals surface area contributed by atoms with Crippen molar-refractivity contribution in [3.63, 3.8) is 0 Å². The summed E-state index contributed by atoms with van der Waals surface area (Å²) >= 11 is 3.64. The molecule has 0 spiro atoms. The van der Waals surface area contributed by atoms with Crippen molar-refractivity contribution < 1.29 is 14.3 Å². The molecule has 1 fully saturated rings. The third-order valence-corrected chi connectivity index (χ3v) is 7.00. The van der Waals surface area contributed by atoms with E-state index in [-0.39, 0.29) is 5.91 Å². The summed E-state index contributed by atoms with van der Waals surface area (Å²) in [6.45, 7) is 3.49. The molecule has 0 aromatic heterocycles. The van der Waals surface area contributed by atoms with Crippen molar-refractivity contribution in [3.8, 4) is 11.5 Å². The van der Waals surface area contributed by atoms with Gasteiger partial charge in [-0.2, -0.15) is 0 Å². The molecule has 1 aliphatic rings. The SMILES string of the molecule is CCOc1c(I)cc(/C=C2\SC(=NCc3ccccc3)N(Cc3ccccc3)C2=O)cc1OC. The molecule has 3 aromatic carbocycles. The standard InChI is InChI=1S/C27H25IN2O3S/c1-3-33-25-22(28)14-21(15-23(25)32-2)16-24-26(31)30(18-20-12-8-5-9-13-20)27(34-24)29-17-19-10-6-4-7-11-19/h4-16H,3,17-18H2,1-2H3/b24-16-,29-27?. The van der Waals surface area contributed by atoms with E-state index in [4.69, 9.17) is 14.5 Å². The molecule has 0 radical (unpaired) electrons. The van der Waals surface area contributed by atoms with E-state index in [1.54, 1.807) is 12.0 Å². The molecule has 1 saturated heterocycles. The van der Waals surface area contributed by atoms with E-state index >= 15 is 0 Å². The van der Waals surface area contributed by atoms with Crippen molar-refractivity contribution in [2.45, 2.75) is 20.0 Å². The van der Waals surface area contributed by atoms with Gasteiger partial charge in [0.15, 0.2) is 16.7 Å². The lowest BCUT2D eigenvalue weighted by Gasteiger charge is -2.15. The number of halogens is 1. The predicted molar refractivity (Wildman–Crippen MR) is 147 cm³/mol. The van der Waals surface area contributed by atoms with E-state index in [2.05, 4.69) is 22.6 Å². The summed E-state index contributed by atoms with van der Waals surface area (Å²) < 4.78 is 12.2. The molecule has 1 amide bonds. The van der Waals surface area contributed by atoms with Crippen LogP contribution in [-0.4, -0.2) is 29.7 Å². The summed E-state index contributed by atoms with van der Waals surface area (Å²) in [6.07, 6.45) is 1.90. The average Bonchev–Trinajstić information content (AvgIpc) is 3.14. The van der Waals surface area contributed by atoms with Crippen LogP contribution in [0.1, 0.15) is 23.6 Å². The highest BCUT2D eigenvalue weighted by atomic mass is 127. The summed E-state index contributed by atoms with van der Waals surface area (Å²) in [5.74, 6) is 1.31. The molecule has 7 heteroatoms. The zero-order valence-corrected chi connectivity index (χ0v) is 22.0. The van der Waals surface area contributed by atoms with E-state index in [9.17, 15) is 4.79 Å². The molecule has 0 N–H and O–H groups in total. The summed E-state index contributed by atoms with van der Waals surface area (Å²) in [7, 11) is 1.62. The molecule has 34 heavy (non-hydrogen) atoms. The van der Waals surface area contributed by atoms with Crippen molar-refractivity contribution in [1.82, 2.24) is 4.90 Å². The molecule has 1 heterocycles. The number of benzene rings is 3. The van der Waals surface area contributed by atoms with Crippen LogP contribution in [0.25, 0.3) is 6.08 Å². The van der Waals surface area contributed by atoms with Gasteiger partial charge in [0.2, 0.25) is 0 Å². The zero-order chi connectivity index (χ0) is 23.9. The molecular weight excluding hydrogens is 559 g/mol. The number of carbonyl (C=O) groups is 1. The van der Waals surface area contributed by atoms with Gasteiger partial charge in [0, 0.05) is 0 Å². The van der Waals surface area contributed by atoms with Gasteiger partial charge in [0.05, 0.1) is 35.3 Å². The molecule has 0 bridgehead atoms. The number of amides is 1. The van der Waals surface area contributed by atoms with E-state index in [1.165, 1.54) is 11.8 Å². The fraction of sp³-hybridized carbons (Fsp3) is 0.185. The molecule has 5 nitrogen and oxygen atoms in total. The lowest BCUT2D eigenvalue weighted by atomic mass is 10.1. The number of amidine groups is 1. The van der Waals surface area contributed by atoms with Crippen molar-refractivity contribution in [3.05, 3.63) is 98.0 Å². The minimum atomic E-state index is -0.0523. The number of carbonyl (C=O) groups excluding carboxylic acids is 1. The first-order valence-corrected chi connectivity index (χ1v) is 12.8. The Morgan fingerprint density at radius 3 is 2.35 bits per heavy atom. The minimum absolute atomic E-state index is 0.0523. The third-order valence-electron chi connectivity index (χ3n) is 5.15. The van der Waals surface area contributed by atoms with Crippen LogP contribution < -0.4 is 9.47 Å². The molecule has 0 unspecified atom stereocenters. The van der Waals surface area contributed by atoms with Crippen LogP contribution in [0, 0.1) is 3.57 Å². The summed E-state index contributed by atoms with van der Waals surface area (Å²) in [5, 5.41) is 0.705. The highest BCUT2D eigenvalue weighted by molar-refractivity contribution is 14.1. The van der Waals surface area contributed by atoms with Gasteiger partial charge in [0.1, 0.15) is 0 Å². The molecule has 174 valence electrons. The van der Waals surface area contributed by atoms with Crippen molar-refractivity contribution in [2.75, 3.05) is 13.7 Å². The van der Waals surface area contributed by atoms with Crippen LogP contribution >= 0.6 is 34.4 Å². The number of methoxy groups -OCH3 is 1. The Hall–Kier alpha value is -2.78. The van der Waals surface area contributed by atoms with Gasteiger partial charge in [-0.25, -0.2) is 0 Å². The third kappa shape index (κ3) is 5.82. The van der Waals surface area contributed by atoms with Crippen LogP contribution in [-0.2, 0) is 17.9 Å². The van der Waals surface area contributed by atoms with Crippen LogP contribution in [0.5, 0.6) is 11.5 Å². The normalized spacial score (nSPS) is 15.9. The highest BCUT2D eigenvalue weighted by Crippen LogP contribution is 2.38. The fourth-order valence-corrected chi connectivity index (χ4v) is 5.29. The van der Waals surface area contributed by atoms with Gasteiger partial charge in [-0.1, -0.05) is 60.7 Å². The zero-order valence-electron chi connectivity index (χ0n) is 19.0. The molecular formula is C27H25IN2O3S. The molecule has 0 aliphatic carbocycles. The smallest absolute Gasteiger partial charge is 0.267 e. The Bertz CT molecular complexity index is 1210. The first-order chi connectivity index (χ1) is 16.6. The number of hydrogen-bond donors (Lipinski definition) is 0. The Balaban J connectivity index is 1.66. The second kappa shape index (κ2) is 11.6. The van der Waals surface area contributed by atoms with E-state index in [1.807, 2.05) is 85.8 Å². The number of nitrogens with zero attached hydrogens (tertiary/aromatic N) is 2. The Morgan fingerprint density at radius 2 is 1.71 bits per heavy atom. The average molecular weight is 584 g/mol. The lowest BCUT2D eigenvalue weighted by molar-refractivity contribution is -0.122. The summed E-state index contributed by atoms with van der Waals surface area (Å²) in [4.78, 5) is 20.6. The first kappa shape index (κ1) is 24.3. The maximum Gasteiger partial charge on any atom is 0.267 e. The monoisotopic (exact) mass is 584 g/mol. The van der Waals surface area contributed by atoms with Crippen LogP contribution in [0.4, 0.5) is 0 Å². The van der Waals surface area contributed by atoms with Crippen molar-refractivity contribution in [2.24, 2.45) is 4.99 Å². The first-order valence-electron chi connectivity index (χ1n) is 10.9. The molecule has 0 atom stereocenters. The van der Waals surface area contributed by atoms with E-state index in [0.717, 1.165) is 20.3 Å². The van der Waals surface area contributed by atoms with E-state index < -0.39 is 0 Å². The second-order valence-electron chi connectivity index (χ2n) is 7.54. The van der Waals surface area contributed by atoms with Crippen LogP contribution in [0.2, 0.25) is 0 Å².